The summed E-state index contributed by atoms with van der Waals surface area (Å²) >= 11 is 3.45. The van der Waals surface area contributed by atoms with E-state index >= 15 is 0 Å². The highest BCUT2D eigenvalue weighted by molar-refractivity contribution is 9.10. The molecule has 0 saturated carbocycles. The summed E-state index contributed by atoms with van der Waals surface area (Å²) in [6.45, 7) is 9.93. The van der Waals surface area contributed by atoms with E-state index in [0.717, 1.165) is 80.1 Å². The molecule has 0 amide bonds. The lowest BCUT2D eigenvalue weighted by molar-refractivity contribution is 0.311. The van der Waals surface area contributed by atoms with Gasteiger partial charge in [-0.05, 0) is 42.0 Å². The van der Waals surface area contributed by atoms with E-state index in [9.17, 15) is 0 Å². The normalized spacial score (nSPS) is 18.9. The van der Waals surface area contributed by atoms with Gasteiger partial charge in [-0.15, -0.1) is 0 Å². The van der Waals surface area contributed by atoms with Crippen LogP contribution in [0.5, 0.6) is 0 Å². The molecule has 144 valence electrons. The van der Waals surface area contributed by atoms with E-state index in [4.69, 9.17) is 9.97 Å². The molecule has 2 aliphatic rings. The zero-order valence-electron chi connectivity index (χ0n) is 16.0. The number of nitrogens with zero attached hydrogens (tertiary/aromatic N) is 7. The maximum Gasteiger partial charge on any atom is 0.227 e. The number of pyridine rings is 1. The van der Waals surface area contributed by atoms with Gasteiger partial charge in [0.2, 0.25) is 5.95 Å². The number of likely N-dealkylation sites (N-methyl/N-ethyl adjacent to an activating group) is 1. The number of rotatable bonds is 3. The zero-order valence-corrected chi connectivity index (χ0v) is 17.6. The zero-order chi connectivity index (χ0) is 18.8. The largest absolute Gasteiger partial charge is 0.353 e. The SMILES string of the molecule is Cc1cc(N2CCN(c3ccc(Br)cn3)CC2)nc(N2CCN(C)CC2)n1. The Morgan fingerprint density at radius 2 is 1.44 bits per heavy atom. The van der Waals surface area contributed by atoms with E-state index in [2.05, 4.69) is 66.6 Å². The fraction of sp³-hybridized carbons (Fsp3) is 0.526. The Morgan fingerprint density at radius 3 is 2.07 bits per heavy atom. The van der Waals surface area contributed by atoms with E-state index in [0.29, 0.717) is 0 Å². The Morgan fingerprint density at radius 1 is 0.815 bits per heavy atom. The quantitative estimate of drug-likeness (QED) is 0.736. The van der Waals surface area contributed by atoms with Crippen LogP contribution in [0.2, 0.25) is 0 Å². The lowest BCUT2D eigenvalue weighted by Crippen LogP contribution is -2.47. The molecule has 2 aliphatic heterocycles. The molecule has 8 heteroatoms. The maximum absolute atomic E-state index is 4.90. The molecule has 0 spiro atoms. The van der Waals surface area contributed by atoms with Gasteiger partial charge >= 0.3 is 0 Å². The molecule has 0 unspecified atom stereocenters. The molecule has 7 nitrogen and oxygen atoms in total. The summed E-state index contributed by atoms with van der Waals surface area (Å²) in [5.41, 5.74) is 1.03. The fourth-order valence-electron chi connectivity index (χ4n) is 3.57. The van der Waals surface area contributed by atoms with Gasteiger partial charge < -0.3 is 19.6 Å². The van der Waals surface area contributed by atoms with Crippen LogP contribution in [0.1, 0.15) is 5.69 Å². The van der Waals surface area contributed by atoms with Crippen LogP contribution < -0.4 is 14.7 Å². The Bertz CT molecular complexity index is 766. The number of hydrogen-bond donors (Lipinski definition) is 0. The monoisotopic (exact) mass is 431 g/mol. The molecule has 4 rings (SSSR count). The van der Waals surface area contributed by atoms with Crippen LogP contribution in [0.4, 0.5) is 17.6 Å². The molecule has 0 N–H and O–H groups in total. The highest BCUT2D eigenvalue weighted by atomic mass is 79.9. The topological polar surface area (TPSA) is 51.6 Å². The van der Waals surface area contributed by atoms with Gasteiger partial charge in [0.05, 0.1) is 0 Å². The van der Waals surface area contributed by atoms with E-state index in [-0.39, 0.29) is 0 Å². The molecule has 2 saturated heterocycles. The van der Waals surface area contributed by atoms with Crippen LogP contribution in [0.3, 0.4) is 0 Å². The van der Waals surface area contributed by atoms with Crippen LogP contribution in [-0.4, -0.2) is 79.3 Å². The van der Waals surface area contributed by atoms with Crippen molar-refractivity contribution in [2.75, 3.05) is 74.1 Å². The van der Waals surface area contributed by atoms with E-state index in [1.807, 2.05) is 12.3 Å². The van der Waals surface area contributed by atoms with Crippen LogP contribution >= 0.6 is 15.9 Å². The molecule has 2 aromatic heterocycles. The van der Waals surface area contributed by atoms with Crippen LogP contribution in [-0.2, 0) is 0 Å². The average Bonchev–Trinajstić information content (AvgIpc) is 2.69. The molecule has 0 aliphatic carbocycles. The van der Waals surface area contributed by atoms with Gasteiger partial charge in [0.25, 0.3) is 0 Å². The Labute approximate surface area is 169 Å². The van der Waals surface area contributed by atoms with Gasteiger partial charge in [-0.1, -0.05) is 0 Å². The minimum absolute atomic E-state index is 0.870. The predicted octanol–water partition coefficient (Wildman–Crippen LogP) is 2.02. The van der Waals surface area contributed by atoms with Crippen molar-refractivity contribution in [1.82, 2.24) is 19.9 Å². The summed E-state index contributed by atoms with van der Waals surface area (Å²) < 4.78 is 1.01. The molecule has 0 radical (unpaired) electrons. The van der Waals surface area contributed by atoms with Gasteiger partial charge in [-0.25, -0.2) is 9.97 Å². The molecular formula is C19H26BrN7. The smallest absolute Gasteiger partial charge is 0.227 e. The summed E-state index contributed by atoms with van der Waals surface area (Å²) in [6.07, 6.45) is 1.86. The molecule has 2 aromatic rings. The fourth-order valence-corrected chi connectivity index (χ4v) is 3.80. The van der Waals surface area contributed by atoms with Crippen molar-refractivity contribution >= 4 is 33.5 Å². The summed E-state index contributed by atoms with van der Waals surface area (Å²) in [5.74, 6) is 2.95. The van der Waals surface area contributed by atoms with E-state index in [1.165, 1.54) is 0 Å². The van der Waals surface area contributed by atoms with E-state index < -0.39 is 0 Å². The number of piperazine rings is 2. The first kappa shape index (κ1) is 18.4. The molecule has 0 bridgehead atoms. The number of hydrogen-bond acceptors (Lipinski definition) is 7. The highest BCUT2D eigenvalue weighted by Crippen LogP contribution is 2.22. The molecule has 2 fully saturated rings. The third-order valence-electron chi connectivity index (χ3n) is 5.25. The van der Waals surface area contributed by atoms with Crippen molar-refractivity contribution in [3.8, 4) is 0 Å². The van der Waals surface area contributed by atoms with Gasteiger partial charge in [-0.3, -0.25) is 0 Å². The predicted molar refractivity (Wildman–Crippen MR) is 113 cm³/mol. The number of halogens is 1. The van der Waals surface area contributed by atoms with Crippen molar-refractivity contribution in [3.63, 3.8) is 0 Å². The number of aromatic nitrogens is 3. The van der Waals surface area contributed by atoms with Crippen LogP contribution in [0.15, 0.2) is 28.9 Å². The van der Waals surface area contributed by atoms with Crippen molar-refractivity contribution < 1.29 is 0 Å². The van der Waals surface area contributed by atoms with E-state index in [1.54, 1.807) is 0 Å². The second-order valence-corrected chi connectivity index (χ2v) is 8.18. The van der Waals surface area contributed by atoms with Crippen molar-refractivity contribution in [1.29, 1.82) is 0 Å². The Hall–Kier alpha value is -1.93. The third-order valence-corrected chi connectivity index (χ3v) is 5.72. The third kappa shape index (κ3) is 4.32. The minimum Gasteiger partial charge on any atom is -0.353 e. The first-order valence-electron chi connectivity index (χ1n) is 9.49. The van der Waals surface area contributed by atoms with Crippen LogP contribution in [0.25, 0.3) is 0 Å². The molecular weight excluding hydrogens is 406 g/mol. The Balaban J connectivity index is 1.44. The minimum atomic E-state index is 0.870. The average molecular weight is 432 g/mol. The molecule has 0 aromatic carbocycles. The summed E-state index contributed by atoms with van der Waals surface area (Å²) in [7, 11) is 2.17. The summed E-state index contributed by atoms with van der Waals surface area (Å²) in [5, 5.41) is 0. The van der Waals surface area contributed by atoms with Crippen LogP contribution in [0, 0.1) is 6.92 Å². The Kier molecular flexibility index (Phi) is 5.45. The lowest BCUT2D eigenvalue weighted by atomic mass is 10.3. The molecule has 27 heavy (non-hydrogen) atoms. The summed E-state index contributed by atoms with van der Waals surface area (Å²) in [6, 6.07) is 6.22. The first-order valence-corrected chi connectivity index (χ1v) is 10.3. The molecule has 4 heterocycles. The number of anilines is 3. The first-order chi connectivity index (χ1) is 13.1. The van der Waals surface area contributed by atoms with Crippen molar-refractivity contribution in [3.05, 3.63) is 34.6 Å². The van der Waals surface area contributed by atoms with Crippen molar-refractivity contribution in [2.24, 2.45) is 0 Å². The standard InChI is InChI=1S/C19H26BrN7/c1-15-13-18(23-19(22-15)27-7-5-24(2)6-8-27)26-11-9-25(10-12-26)17-4-3-16(20)14-21-17/h3-4,13-14H,5-12H2,1-2H3. The lowest BCUT2D eigenvalue weighted by Gasteiger charge is -2.37. The van der Waals surface area contributed by atoms with Gasteiger partial charge in [0.15, 0.2) is 0 Å². The summed E-state index contributed by atoms with van der Waals surface area (Å²) in [4.78, 5) is 23.5. The maximum atomic E-state index is 4.90. The van der Waals surface area contributed by atoms with Gasteiger partial charge in [-0.2, -0.15) is 4.98 Å². The van der Waals surface area contributed by atoms with Gasteiger partial charge in [0, 0.05) is 74.8 Å². The highest BCUT2D eigenvalue weighted by Gasteiger charge is 2.22. The van der Waals surface area contributed by atoms with Gasteiger partial charge in [0.1, 0.15) is 11.6 Å². The molecule has 0 atom stereocenters. The number of aryl methyl sites for hydroxylation is 1. The second kappa shape index (κ2) is 7.98. The second-order valence-electron chi connectivity index (χ2n) is 7.27. The van der Waals surface area contributed by atoms with Crippen molar-refractivity contribution in [2.45, 2.75) is 6.92 Å².